The van der Waals surface area contributed by atoms with Gasteiger partial charge < -0.3 is 0 Å². The number of fused-ring (bicyclic) bond motifs is 2. The Kier molecular flexibility index (Phi) is 5.71. The van der Waals surface area contributed by atoms with Crippen molar-refractivity contribution in [2.75, 3.05) is 0 Å². The predicted molar refractivity (Wildman–Crippen MR) is 136 cm³/mol. The van der Waals surface area contributed by atoms with Gasteiger partial charge >= 0.3 is 0 Å². The molecule has 2 heterocycles. The summed E-state index contributed by atoms with van der Waals surface area (Å²) >= 11 is 3.98. The highest BCUT2D eigenvalue weighted by Gasteiger charge is 2.38. The first-order chi connectivity index (χ1) is 14.8. The summed E-state index contributed by atoms with van der Waals surface area (Å²) in [5, 5.41) is 7.66. The van der Waals surface area contributed by atoms with Gasteiger partial charge in [0.1, 0.15) is 0 Å². The molecular formula is C28H28S2. The van der Waals surface area contributed by atoms with E-state index in [1.54, 1.807) is 0 Å². The maximum atomic E-state index is 2.50. The monoisotopic (exact) mass is 428 g/mol. The van der Waals surface area contributed by atoms with Gasteiger partial charge in [0.2, 0.25) is 0 Å². The summed E-state index contributed by atoms with van der Waals surface area (Å²) in [6, 6.07) is 24.9. The average molecular weight is 429 g/mol. The van der Waals surface area contributed by atoms with E-state index < -0.39 is 0 Å². The van der Waals surface area contributed by atoms with Gasteiger partial charge in [-0.2, -0.15) is 0 Å². The summed E-state index contributed by atoms with van der Waals surface area (Å²) in [4.78, 5) is 2.89. The molecule has 0 saturated carbocycles. The second-order valence-corrected chi connectivity index (χ2v) is 10.8. The summed E-state index contributed by atoms with van der Waals surface area (Å²) < 4.78 is 0.148. The molecular weight excluding hydrogens is 400 g/mol. The Hall–Kier alpha value is -2.03. The molecule has 0 bridgehead atoms. The minimum Gasteiger partial charge on any atom is -0.143 e. The van der Waals surface area contributed by atoms with Crippen molar-refractivity contribution < 1.29 is 0 Å². The standard InChI is InChI=1S/C28H28S2/c1-2-3-4-7-16-28(17-15-27(30-28)26-14-9-18-29-26)25-13-8-12-23-19-21-10-5-6-11-22(21)20-24(23)25/h5-6,8-15,18-20H,2-4,7,16-17H2,1H3. The number of unbranched alkanes of at least 4 members (excludes halogenated alkanes) is 3. The lowest BCUT2D eigenvalue weighted by Crippen LogP contribution is -2.19. The Morgan fingerprint density at radius 2 is 1.67 bits per heavy atom. The maximum Gasteiger partial charge on any atom is 0.0496 e. The Bertz CT molecular complexity index is 1190. The topological polar surface area (TPSA) is 0 Å². The van der Waals surface area contributed by atoms with Crippen molar-refractivity contribution in [3.8, 4) is 0 Å². The molecule has 0 saturated heterocycles. The van der Waals surface area contributed by atoms with Gasteiger partial charge in [-0.3, -0.25) is 0 Å². The van der Waals surface area contributed by atoms with E-state index in [4.69, 9.17) is 0 Å². The van der Waals surface area contributed by atoms with Gasteiger partial charge in [0.15, 0.2) is 0 Å². The molecule has 1 aliphatic rings. The van der Waals surface area contributed by atoms with Crippen LogP contribution in [0.15, 0.2) is 78.2 Å². The third kappa shape index (κ3) is 3.72. The van der Waals surface area contributed by atoms with Crippen molar-refractivity contribution in [1.29, 1.82) is 0 Å². The zero-order valence-electron chi connectivity index (χ0n) is 17.6. The number of allylic oxidation sites excluding steroid dienone is 1. The van der Waals surface area contributed by atoms with Crippen LogP contribution in [-0.2, 0) is 4.75 Å². The molecule has 1 aliphatic heterocycles. The van der Waals surface area contributed by atoms with Crippen molar-refractivity contribution in [1.82, 2.24) is 0 Å². The van der Waals surface area contributed by atoms with Crippen LogP contribution in [0.2, 0.25) is 0 Å². The first-order valence-electron chi connectivity index (χ1n) is 11.1. The van der Waals surface area contributed by atoms with E-state index in [9.17, 15) is 0 Å². The first kappa shape index (κ1) is 19.9. The highest BCUT2D eigenvalue weighted by Crippen LogP contribution is 2.57. The molecule has 152 valence electrons. The number of thioether (sulfide) groups is 1. The van der Waals surface area contributed by atoms with Crippen LogP contribution in [0.5, 0.6) is 0 Å². The summed E-state index contributed by atoms with van der Waals surface area (Å²) in [6.45, 7) is 2.30. The molecule has 2 heteroatoms. The molecule has 0 amide bonds. The van der Waals surface area contributed by atoms with E-state index in [2.05, 4.69) is 96.9 Å². The summed E-state index contributed by atoms with van der Waals surface area (Å²) in [5.74, 6) is 0. The number of benzene rings is 3. The van der Waals surface area contributed by atoms with Gasteiger partial charge in [-0.15, -0.1) is 23.1 Å². The van der Waals surface area contributed by atoms with Crippen LogP contribution in [0.3, 0.4) is 0 Å². The summed E-state index contributed by atoms with van der Waals surface area (Å²) in [7, 11) is 0. The van der Waals surface area contributed by atoms with Crippen molar-refractivity contribution in [3.05, 3.63) is 88.6 Å². The number of rotatable bonds is 7. The van der Waals surface area contributed by atoms with E-state index >= 15 is 0 Å². The van der Waals surface area contributed by atoms with Gasteiger partial charge in [0, 0.05) is 14.5 Å². The Balaban J connectivity index is 1.59. The molecule has 30 heavy (non-hydrogen) atoms. The molecule has 0 N–H and O–H groups in total. The second kappa shape index (κ2) is 8.61. The van der Waals surface area contributed by atoms with E-state index in [0.717, 1.165) is 6.42 Å². The third-order valence-corrected chi connectivity index (χ3v) is 8.98. The van der Waals surface area contributed by atoms with Crippen LogP contribution in [0.1, 0.15) is 55.9 Å². The van der Waals surface area contributed by atoms with Crippen molar-refractivity contribution in [3.63, 3.8) is 0 Å². The van der Waals surface area contributed by atoms with Crippen molar-refractivity contribution in [2.24, 2.45) is 0 Å². The summed E-state index contributed by atoms with van der Waals surface area (Å²) in [5.41, 5.74) is 1.52. The normalized spacial score (nSPS) is 18.9. The molecule has 4 aromatic rings. The minimum atomic E-state index is 0.148. The highest BCUT2D eigenvalue weighted by atomic mass is 32.2. The fourth-order valence-corrected chi connectivity index (χ4v) is 7.16. The zero-order chi connectivity index (χ0) is 20.4. The molecule has 1 unspecified atom stereocenters. The van der Waals surface area contributed by atoms with E-state index in [1.165, 1.54) is 69.0 Å². The molecule has 0 radical (unpaired) electrons. The zero-order valence-corrected chi connectivity index (χ0v) is 19.2. The molecule has 1 aromatic heterocycles. The third-order valence-electron chi connectivity index (χ3n) is 6.36. The fourth-order valence-electron chi connectivity index (χ4n) is 4.78. The van der Waals surface area contributed by atoms with Crippen LogP contribution in [0.4, 0.5) is 0 Å². The SMILES string of the molecule is CCCCCCC1(c2cccc3cc4ccccc4cc23)CC=C(c2cccs2)S1. The summed E-state index contributed by atoms with van der Waals surface area (Å²) in [6.07, 6.45) is 10.1. The smallest absolute Gasteiger partial charge is 0.0496 e. The first-order valence-corrected chi connectivity index (χ1v) is 12.8. The van der Waals surface area contributed by atoms with E-state index in [0.29, 0.717) is 0 Å². The van der Waals surface area contributed by atoms with Gasteiger partial charge in [0.25, 0.3) is 0 Å². The van der Waals surface area contributed by atoms with Crippen LogP contribution in [-0.4, -0.2) is 0 Å². The molecule has 0 fully saturated rings. The molecule has 3 aromatic carbocycles. The van der Waals surface area contributed by atoms with Gasteiger partial charge in [0.05, 0.1) is 0 Å². The average Bonchev–Trinajstić information content (AvgIpc) is 3.46. The lowest BCUT2D eigenvalue weighted by Gasteiger charge is -2.31. The molecule has 1 atom stereocenters. The van der Waals surface area contributed by atoms with Crippen LogP contribution in [0, 0.1) is 0 Å². The van der Waals surface area contributed by atoms with Crippen LogP contribution < -0.4 is 0 Å². The lowest BCUT2D eigenvalue weighted by molar-refractivity contribution is 0.527. The van der Waals surface area contributed by atoms with Gasteiger partial charge in [-0.1, -0.05) is 87.2 Å². The van der Waals surface area contributed by atoms with Crippen LogP contribution >= 0.6 is 23.1 Å². The minimum absolute atomic E-state index is 0.148. The van der Waals surface area contributed by atoms with Gasteiger partial charge in [-0.25, -0.2) is 0 Å². The Morgan fingerprint density at radius 1 is 0.833 bits per heavy atom. The van der Waals surface area contributed by atoms with Gasteiger partial charge in [-0.05, 0) is 63.5 Å². The van der Waals surface area contributed by atoms with E-state index in [1.807, 2.05) is 11.3 Å². The molecule has 0 aliphatic carbocycles. The quantitative estimate of drug-likeness (QED) is 0.209. The number of hydrogen-bond donors (Lipinski definition) is 0. The lowest BCUT2D eigenvalue weighted by atomic mass is 9.85. The Labute approximate surface area is 188 Å². The van der Waals surface area contributed by atoms with Crippen LogP contribution in [0.25, 0.3) is 26.5 Å². The predicted octanol–water partition coefficient (Wildman–Crippen LogP) is 9.40. The fraction of sp³-hybridized carbons (Fsp3) is 0.286. The number of hydrogen-bond acceptors (Lipinski definition) is 2. The van der Waals surface area contributed by atoms with Crippen molar-refractivity contribution in [2.45, 2.75) is 50.2 Å². The molecule has 0 nitrogen and oxygen atoms in total. The second-order valence-electron chi connectivity index (χ2n) is 8.38. The largest absolute Gasteiger partial charge is 0.143 e. The molecule has 0 spiro atoms. The Morgan fingerprint density at radius 3 is 2.47 bits per heavy atom. The maximum absolute atomic E-state index is 2.50. The van der Waals surface area contributed by atoms with E-state index in [-0.39, 0.29) is 4.75 Å². The van der Waals surface area contributed by atoms with Crippen molar-refractivity contribution >= 4 is 49.5 Å². The highest BCUT2D eigenvalue weighted by molar-refractivity contribution is 8.09. The molecule has 5 rings (SSSR count). The number of thiophene rings is 1.